The maximum Gasteiger partial charge on any atom is 0.0575 e. The minimum Gasteiger partial charge on any atom is -0.380 e. The molecule has 0 spiro atoms. The largest absolute Gasteiger partial charge is 0.380 e. The lowest BCUT2D eigenvalue weighted by atomic mass is 10.2. The van der Waals surface area contributed by atoms with Crippen molar-refractivity contribution in [3.05, 3.63) is 35.9 Å². The van der Waals surface area contributed by atoms with Crippen molar-refractivity contribution in [1.82, 2.24) is 5.32 Å². The molecule has 1 rings (SSSR count). The second-order valence-corrected chi connectivity index (χ2v) is 3.81. The van der Waals surface area contributed by atoms with E-state index in [-0.39, 0.29) is 0 Å². The highest BCUT2D eigenvalue weighted by Gasteiger charge is 1.91. The van der Waals surface area contributed by atoms with E-state index < -0.39 is 0 Å². The quantitative estimate of drug-likeness (QED) is 0.548. The zero-order valence-corrected chi connectivity index (χ0v) is 10.5. The monoisotopic (exact) mass is 231 g/mol. The summed E-state index contributed by atoms with van der Waals surface area (Å²) in [5.74, 6) is 5.84. The summed E-state index contributed by atoms with van der Waals surface area (Å²) in [7, 11) is 0. The normalized spacial score (nSPS) is 9.71. The standard InChI is InChI=1S/C15H21NO/c1-2-3-7-12-17-13-8-11-16-14-15-9-5-4-6-10-15/h4-6,9-10,16H,7-8,11-14H2,1H3. The molecule has 2 nitrogen and oxygen atoms in total. The van der Waals surface area contributed by atoms with Crippen LogP contribution in [0.2, 0.25) is 0 Å². The highest BCUT2D eigenvalue weighted by atomic mass is 16.5. The molecule has 92 valence electrons. The molecule has 0 unspecified atom stereocenters. The van der Waals surface area contributed by atoms with Crippen LogP contribution in [-0.4, -0.2) is 19.8 Å². The molecule has 2 heteroatoms. The van der Waals surface area contributed by atoms with Gasteiger partial charge in [0.05, 0.1) is 6.61 Å². The Balaban J connectivity index is 1.89. The molecule has 0 bridgehead atoms. The number of hydrogen-bond donors (Lipinski definition) is 1. The Bertz CT molecular complexity index is 337. The minimum absolute atomic E-state index is 0.750. The SMILES string of the molecule is CC#CCCOCCCNCc1ccccc1. The predicted molar refractivity (Wildman–Crippen MR) is 71.7 cm³/mol. The first-order valence-electron chi connectivity index (χ1n) is 6.15. The van der Waals surface area contributed by atoms with Crippen LogP contribution in [0, 0.1) is 11.8 Å². The van der Waals surface area contributed by atoms with Crippen LogP contribution in [0.25, 0.3) is 0 Å². The lowest BCUT2D eigenvalue weighted by Gasteiger charge is -2.05. The molecule has 0 radical (unpaired) electrons. The van der Waals surface area contributed by atoms with Gasteiger partial charge in [0.2, 0.25) is 0 Å². The molecule has 1 aromatic rings. The summed E-state index contributed by atoms with van der Waals surface area (Å²) >= 11 is 0. The van der Waals surface area contributed by atoms with Crippen LogP contribution in [0.1, 0.15) is 25.3 Å². The molecule has 0 fully saturated rings. The van der Waals surface area contributed by atoms with E-state index in [1.165, 1.54) is 5.56 Å². The molecule has 0 aliphatic carbocycles. The van der Waals surface area contributed by atoms with Gasteiger partial charge in [-0.3, -0.25) is 0 Å². The summed E-state index contributed by atoms with van der Waals surface area (Å²) in [5.41, 5.74) is 1.33. The van der Waals surface area contributed by atoms with Crippen molar-refractivity contribution in [2.24, 2.45) is 0 Å². The molecule has 0 amide bonds. The van der Waals surface area contributed by atoms with Crippen molar-refractivity contribution in [1.29, 1.82) is 0 Å². The zero-order chi connectivity index (χ0) is 12.2. The fourth-order valence-corrected chi connectivity index (χ4v) is 1.48. The fraction of sp³-hybridized carbons (Fsp3) is 0.467. The second kappa shape index (κ2) is 9.89. The predicted octanol–water partition coefficient (Wildman–Crippen LogP) is 2.60. The lowest BCUT2D eigenvalue weighted by Crippen LogP contribution is -2.16. The average molecular weight is 231 g/mol. The van der Waals surface area contributed by atoms with E-state index in [2.05, 4.69) is 41.4 Å². The van der Waals surface area contributed by atoms with Gasteiger partial charge in [-0.25, -0.2) is 0 Å². The molecule has 0 atom stereocenters. The number of hydrogen-bond acceptors (Lipinski definition) is 2. The minimum atomic E-state index is 0.750. The van der Waals surface area contributed by atoms with Gasteiger partial charge in [-0.2, -0.15) is 0 Å². The Morgan fingerprint density at radius 1 is 1.18 bits per heavy atom. The molecule has 0 heterocycles. The van der Waals surface area contributed by atoms with Gasteiger partial charge in [0.15, 0.2) is 0 Å². The number of benzene rings is 1. The van der Waals surface area contributed by atoms with Gasteiger partial charge in [0.25, 0.3) is 0 Å². The van der Waals surface area contributed by atoms with Crippen LogP contribution in [-0.2, 0) is 11.3 Å². The molecule has 1 N–H and O–H groups in total. The van der Waals surface area contributed by atoms with Crippen molar-refractivity contribution >= 4 is 0 Å². The molecule has 0 saturated carbocycles. The number of ether oxygens (including phenoxy) is 1. The van der Waals surface area contributed by atoms with E-state index in [0.29, 0.717) is 0 Å². The highest BCUT2D eigenvalue weighted by molar-refractivity contribution is 5.14. The molecule has 0 saturated heterocycles. The molecule has 0 aromatic heterocycles. The maximum atomic E-state index is 5.45. The number of nitrogens with one attached hydrogen (secondary N) is 1. The lowest BCUT2D eigenvalue weighted by molar-refractivity contribution is 0.137. The van der Waals surface area contributed by atoms with Crippen molar-refractivity contribution in [2.45, 2.75) is 26.3 Å². The molecular weight excluding hydrogens is 210 g/mol. The van der Waals surface area contributed by atoms with Crippen molar-refractivity contribution in [3.63, 3.8) is 0 Å². The van der Waals surface area contributed by atoms with Gasteiger partial charge in [0, 0.05) is 19.6 Å². The van der Waals surface area contributed by atoms with Crippen LogP contribution in [0.4, 0.5) is 0 Å². The van der Waals surface area contributed by atoms with Crippen LogP contribution in [0.5, 0.6) is 0 Å². The number of rotatable bonds is 8. The van der Waals surface area contributed by atoms with E-state index in [4.69, 9.17) is 4.74 Å². The fourth-order valence-electron chi connectivity index (χ4n) is 1.48. The van der Waals surface area contributed by atoms with Crippen molar-refractivity contribution in [2.75, 3.05) is 19.8 Å². The van der Waals surface area contributed by atoms with Gasteiger partial charge in [-0.05, 0) is 25.5 Å². The first-order valence-corrected chi connectivity index (χ1v) is 6.15. The Morgan fingerprint density at radius 2 is 2.00 bits per heavy atom. The Hall–Kier alpha value is -1.30. The van der Waals surface area contributed by atoms with Gasteiger partial charge in [-0.15, -0.1) is 11.8 Å². The highest BCUT2D eigenvalue weighted by Crippen LogP contribution is 1.96. The molecule has 1 aromatic carbocycles. The van der Waals surface area contributed by atoms with E-state index in [1.807, 2.05) is 13.0 Å². The van der Waals surface area contributed by atoms with Gasteiger partial charge >= 0.3 is 0 Å². The summed E-state index contributed by atoms with van der Waals surface area (Å²) in [6.45, 7) is 5.34. The van der Waals surface area contributed by atoms with Gasteiger partial charge in [-0.1, -0.05) is 30.3 Å². The zero-order valence-electron chi connectivity index (χ0n) is 10.5. The molecule has 0 aliphatic rings. The van der Waals surface area contributed by atoms with Crippen molar-refractivity contribution in [3.8, 4) is 11.8 Å². The topological polar surface area (TPSA) is 21.3 Å². The van der Waals surface area contributed by atoms with E-state index in [0.717, 1.165) is 39.1 Å². The van der Waals surface area contributed by atoms with Crippen molar-refractivity contribution < 1.29 is 4.74 Å². The second-order valence-electron chi connectivity index (χ2n) is 3.81. The third-order valence-corrected chi connectivity index (χ3v) is 2.36. The first kappa shape index (κ1) is 13.8. The summed E-state index contributed by atoms with van der Waals surface area (Å²) in [5, 5.41) is 3.40. The average Bonchev–Trinajstić information content (AvgIpc) is 2.38. The van der Waals surface area contributed by atoms with Crippen LogP contribution < -0.4 is 5.32 Å². The third kappa shape index (κ3) is 7.57. The van der Waals surface area contributed by atoms with Crippen LogP contribution in [0.3, 0.4) is 0 Å². The molecule has 17 heavy (non-hydrogen) atoms. The Kier molecular flexibility index (Phi) is 8.01. The smallest absolute Gasteiger partial charge is 0.0575 e. The van der Waals surface area contributed by atoms with Gasteiger partial charge < -0.3 is 10.1 Å². The molecule has 0 aliphatic heterocycles. The van der Waals surface area contributed by atoms with Gasteiger partial charge in [0.1, 0.15) is 0 Å². The van der Waals surface area contributed by atoms with E-state index >= 15 is 0 Å². The third-order valence-electron chi connectivity index (χ3n) is 2.36. The van der Waals surface area contributed by atoms with E-state index in [9.17, 15) is 0 Å². The van der Waals surface area contributed by atoms with Crippen LogP contribution >= 0.6 is 0 Å². The Labute approximate surface area is 104 Å². The molecular formula is C15H21NO. The Morgan fingerprint density at radius 3 is 2.76 bits per heavy atom. The van der Waals surface area contributed by atoms with E-state index in [1.54, 1.807) is 0 Å². The summed E-state index contributed by atoms with van der Waals surface area (Å²) in [6.07, 6.45) is 1.89. The summed E-state index contributed by atoms with van der Waals surface area (Å²) < 4.78 is 5.45. The summed E-state index contributed by atoms with van der Waals surface area (Å²) in [6, 6.07) is 10.4. The summed E-state index contributed by atoms with van der Waals surface area (Å²) in [4.78, 5) is 0. The first-order chi connectivity index (χ1) is 8.43. The van der Waals surface area contributed by atoms with Crippen LogP contribution in [0.15, 0.2) is 30.3 Å². The maximum absolute atomic E-state index is 5.45.